The highest BCUT2D eigenvalue weighted by Crippen LogP contribution is 2.67. The molecule has 28 heavy (non-hydrogen) atoms. The van der Waals surface area contributed by atoms with Crippen LogP contribution in [-0.2, 0) is 15.6 Å². The molecule has 3 nitrogen and oxygen atoms in total. The minimum absolute atomic E-state index is 0.276. The molecule has 2 aromatic rings. The van der Waals surface area contributed by atoms with Crippen molar-refractivity contribution < 1.29 is 4.79 Å². The molecule has 0 bridgehead atoms. The molecule has 2 aliphatic rings. The minimum atomic E-state index is -0.276. The number of aromatic amines is 2. The SMILES string of the molecule is CCCCCC1CC1(C(=O)C1(c2ccc[nH]2)CC1CCCCC)c1ccc[nH]1. The average Bonchev–Trinajstić information content (AvgIpc) is 3.37. The van der Waals surface area contributed by atoms with E-state index in [1.807, 2.05) is 12.4 Å². The fourth-order valence-electron chi connectivity index (χ4n) is 5.71. The number of hydrogen-bond acceptors (Lipinski definition) is 1. The number of rotatable bonds is 12. The van der Waals surface area contributed by atoms with Crippen LogP contribution in [0.15, 0.2) is 36.7 Å². The molecule has 0 aromatic carbocycles. The first-order valence-corrected chi connectivity index (χ1v) is 11.5. The second kappa shape index (κ2) is 7.93. The standard InChI is InChI=1S/C25H36N2O/c1-3-5-7-11-19-17-24(19,21-13-9-15-26-21)23(28)25(22-14-10-16-27-22)18-20(25)12-8-6-4-2/h9-10,13-16,19-20,26-27H,3-8,11-12,17-18H2,1-2H3. The van der Waals surface area contributed by atoms with Crippen molar-refractivity contribution in [2.75, 3.05) is 0 Å². The molecule has 0 saturated heterocycles. The molecular formula is C25H36N2O. The summed E-state index contributed by atoms with van der Waals surface area (Å²) in [5, 5.41) is 0. The maximum atomic E-state index is 14.3. The zero-order valence-corrected chi connectivity index (χ0v) is 17.6. The lowest BCUT2D eigenvalue weighted by Gasteiger charge is -2.24. The molecule has 0 amide bonds. The number of H-pyrrole nitrogens is 2. The molecular weight excluding hydrogens is 344 g/mol. The van der Waals surface area contributed by atoms with Crippen molar-refractivity contribution in [3.05, 3.63) is 48.0 Å². The summed E-state index contributed by atoms with van der Waals surface area (Å²) in [5.41, 5.74) is 1.76. The third-order valence-electron chi connectivity index (χ3n) is 7.49. The molecule has 4 atom stereocenters. The van der Waals surface area contributed by atoms with Gasteiger partial charge in [-0.3, -0.25) is 4.79 Å². The van der Waals surface area contributed by atoms with Gasteiger partial charge in [-0.15, -0.1) is 0 Å². The van der Waals surface area contributed by atoms with E-state index in [9.17, 15) is 4.79 Å². The van der Waals surface area contributed by atoms with E-state index >= 15 is 0 Å². The number of hydrogen-bond donors (Lipinski definition) is 2. The molecule has 2 saturated carbocycles. The highest BCUT2D eigenvalue weighted by Gasteiger charge is 2.72. The second-order valence-electron chi connectivity index (χ2n) is 9.23. The molecule has 4 rings (SSSR count). The summed E-state index contributed by atoms with van der Waals surface area (Å²) in [6.45, 7) is 4.50. The summed E-state index contributed by atoms with van der Waals surface area (Å²) in [7, 11) is 0. The molecule has 0 spiro atoms. The van der Waals surface area contributed by atoms with Gasteiger partial charge in [-0.2, -0.15) is 0 Å². The topological polar surface area (TPSA) is 48.6 Å². The quantitative estimate of drug-likeness (QED) is 0.418. The molecule has 4 unspecified atom stereocenters. The number of carbonyl (C=O) groups excluding carboxylic acids is 1. The Labute approximate surface area is 169 Å². The Balaban J connectivity index is 1.60. The number of Topliss-reactive ketones (excluding diaryl/α,β-unsaturated/α-hetero) is 1. The third-order valence-corrected chi connectivity index (χ3v) is 7.49. The summed E-state index contributed by atoms with van der Waals surface area (Å²) in [6, 6.07) is 8.40. The number of ketones is 1. The maximum Gasteiger partial charge on any atom is 0.157 e. The van der Waals surface area contributed by atoms with E-state index in [2.05, 4.69) is 48.1 Å². The number of unbranched alkanes of at least 4 members (excludes halogenated alkanes) is 4. The van der Waals surface area contributed by atoms with Crippen LogP contribution in [0.2, 0.25) is 0 Å². The number of nitrogens with one attached hydrogen (secondary N) is 2. The highest BCUT2D eigenvalue weighted by molar-refractivity contribution is 6.03. The van der Waals surface area contributed by atoms with Crippen LogP contribution in [-0.4, -0.2) is 15.8 Å². The van der Waals surface area contributed by atoms with Crippen LogP contribution in [0.4, 0.5) is 0 Å². The highest BCUT2D eigenvalue weighted by atomic mass is 16.1. The zero-order chi connectivity index (χ0) is 19.6. The van der Waals surface area contributed by atoms with Gasteiger partial charge < -0.3 is 9.97 Å². The first kappa shape index (κ1) is 19.5. The second-order valence-corrected chi connectivity index (χ2v) is 9.23. The van der Waals surface area contributed by atoms with Crippen LogP contribution in [0.1, 0.15) is 89.4 Å². The Hall–Kier alpha value is -1.77. The van der Waals surface area contributed by atoms with Gasteiger partial charge in [0.15, 0.2) is 5.78 Å². The van der Waals surface area contributed by atoms with E-state index in [4.69, 9.17) is 0 Å². The molecule has 0 aliphatic heterocycles. The zero-order valence-electron chi connectivity index (χ0n) is 17.6. The summed E-state index contributed by atoms with van der Waals surface area (Å²) in [6.07, 6.45) is 15.9. The van der Waals surface area contributed by atoms with Crippen LogP contribution in [0, 0.1) is 11.8 Å². The predicted octanol–water partition coefficient (Wildman–Crippen LogP) is 6.29. The number of aromatic nitrogens is 2. The van der Waals surface area contributed by atoms with Gasteiger partial charge in [0.2, 0.25) is 0 Å². The minimum Gasteiger partial charge on any atom is -0.364 e. The first-order chi connectivity index (χ1) is 13.7. The van der Waals surface area contributed by atoms with Gasteiger partial charge in [-0.25, -0.2) is 0 Å². The van der Waals surface area contributed by atoms with E-state index in [1.165, 1.54) is 51.4 Å². The molecule has 2 heterocycles. The smallest absolute Gasteiger partial charge is 0.157 e. The molecule has 2 aromatic heterocycles. The van der Waals surface area contributed by atoms with Gasteiger partial charge in [-0.05, 0) is 61.8 Å². The van der Waals surface area contributed by atoms with E-state index in [-0.39, 0.29) is 10.8 Å². The molecule has 152 valence electrons. The lowest BCUT2D eigenvalue weighted by atomic mass is 9.79. The first-order valence-electron chi connectivity index (χ1n) is 11.5. The van der Waals surface area contributed by atoms with Gasteiger partial charge in [0.25, 0.3) is 0 Å². The van der Waals surface area contributed by atoms with Gasteiger partial charge in [0, 0.05) is 23.8 Å². The van der Waals surface area contributed by atoms with Gasteiger partial charge in [0.1, 0.15) is 0 Å². The largest absolute Gasteiger partial charge is 0.364 e. The summed E-state index contributed by atoms with van der Waals surface area (Å²) in [4.78, 5) is 21.1. The monoisotopic (exact) mass is 380 g/mol. The molecule has 0 radical (unpaired) electrons. The number of carbonyl (C=O) groups is 1. The van der Waals surface area contributed by atoms with Crippen molar-refractivity contribution in [2.24, 2.45) is 11.8 Å². The third kappa shape index (κ3) is 3.17. The van der Waals surface area contributed by atoms with Gasteiger partial charge >= 0.3 is 0 Å². The van der Waals surface area contributed by atoms with Crippen LogP contribution >= 0.6 is 0 Å². The Kier molecular flexibility index (Phi) is 5.53. The van der Waals surface area contributed by atoms with Crippen LogP contribution < -0.4 is 0 Å². The fourth-order valence-corrected chi connectivity index (χ4v) is 5.71. The molecule has 2 N–H and O–H groups in total. The summed E-state index contributed by atoms with van der Waals surface area (Å²) >= 11 is 0. The average molecular weight is 381 g/mol. The van der Waals surface area contributed by atoms with Gasteiger partial charge in [0.05, 0.1) is 10.8 Å². The van der Waals surface area contributed by atoms with Crippen molar-refractivity contribution in [1.29, 1.82) is 0 Å². The van der Waals surface area contributed by atoms with Crippen molar-refractivity contribution in [2.45, 2.75) is 88.9 Å². The van der Waals surface area contributed by atoms with Crippen LogP contribution in [0.3, 0.4) is 0 Å². The lowest BCUT2D eigenvalue weighted by molar-refractivity contribution is -0.125. The summed E-state index contributed by atoms with van der Waals surface area (Å²) < 4.78 is 0. The lowest BCUT2D eigenvalue weighted by Crippen LogP contribution is -2.36. The summed E-state index contributed by atoms with van der Waals surface area (Å²) in [5.74, 6) is 1.51. The Morgan fingerprint density at radius 1 is 0.857 bits per heavy atom. The van der Waals surface area contributed by atoms with Crippen LogP contribution in [0.5, 0.6) is 0 Å². The van der Waals surface area contributed by atoms with Crippen molar-refractivity contribution >= 4 is 5.78 Å². The Bertz CT molecular complexity index is 698. The van der Waals surface area contributed by atoms with Crippen molar-refractivity contribution in [3.63, 3.8) is 0 Å². The van der Waals surface area contributed by atoms with E-state index < -0.39 is 0 Å². The van der Waals surface area contributed by atoms with Crippen molar-refractivity contribution in [1.82, 2.24) is 9.97 Å². The Morgan fingerprint density at radius 2 is 1.32 bits per heavy atom. The molecule has 2 fully saturated rings. The van der Waals surface area contributed by atoms with Crippen LogP contribution in [0.25, 0.3) is 0 Å². The van der Waals surface area contributed by atoms with Crippen molar-refractivity contribution in [3.8, 4) is 0 Å². The predicted molar refractivity (Wildman–Crippen MR) is 114 cm³/mol. The van der Waals surface area contributed by atoms with E-state index in [0.717, 1.165) is 24.2 Å². The fraction of sp³-hybridized carbons (Fsp3) is 0.640. The van der Waals surface area contributed by atoms with Gasteiger partial charge in [-0.1, -0.05) is 52.4 Å². The normalized spacial score (nSPS) is 31.1. The molecule has 3 heteroatoms. The molecule has 2 aliphatic carbocycles. The maximum absolute atomic E-state index is 14.3. The Morgan fingerprint density at radius 3 is 1.68 bits per heavy atom. The van der Waals surface area contributed by atoms with E-state index in [0.29, 0.717) is 17.6 Å². The van der Waals surface area contributed by atoms with E-state index in [1.54, 1.807) is 0 Å².